The Labute approximate surface area is 91.9 Å². The fourth-order valence-corrected chi connectivity index (χ4v) is 1.22. The van der Waals surface area contributed by atoms with Crippen molar-refractivity contribution in [2.24, 2.45) is 0 Å². The molecule has 1 rings (SSSR count). The monoisotopic (exact) mass is 208 g/mol. The molecule has 1 aromatic heterocycles. The van der Waals surface area contributed by atoms with E-state index in [1.807, 2.05) is 6.07 Å². The lowest BCUT2D eigenvalue weighted by Gasteiger charge is -2.15. The standard InChI is InChI=1S/C12H20N2O/c1-4-10(3)15-12-9-14-7-6-11(12)8-13-5-2/h6-7,9-10,13H,4-5,8H2,1-3H3. The molecule has 0 saturated heterocycles. The minimum absolute atomic E-state index is 0.245. The molecule has 0 fully saturated rings. The highest BCUT2D eigenvalue weighted by atomic mass is 16.5. The summed E-state index contributed by atoms with van der Waals surface area (Å²) >= 11 is 0. The molecule has 3 heteroatoms. The maximum Gasteiger partial charge on any atom is 0.142 e. The minimum Gasteiger partial charge on any atom is -0.489 e. The van der Waals surface area contributed by atoms with Gasteiger partial charge in [0, 0.05) is 18.3 Å². The summed E-state index contributed by atoms with van der Waals surface area (Å²) < 4.78 is 5.79. The van der Waals surface area contributed by atoms with Gasteiger partial charge in [-0.15, -0.1) is 0 Å². The van der Waals surface area contributed by atoms with Crippen molar-refractivity contribution >= 4 is 0 Å². The number of hydrogen-bond acceptors (Lipinski definition) is 3. The third-order valence-electron chi connectivity index (χ3n) is 2.34. The molecule has 0 aliphatic rings. The molecule has 1 aromatic rings. The molecule has 1 N–H and O–H groups in total. The van der Waals surface area contributed by atoms with Crippen LogP contribution in [-0.2, 0) is 6.54 Å². The van der Waals surface area contributed by atoms with E-state index in [2.05, 4.69) is 31.1 Å². The van der Waals surface area contributed by atoms with Crippen LogP contribution >= 0.6 is 0 Å². The Morgan fingerprint density at radius 3 is 2.93 bits per heavy atom. The van der Waals surface area contributed by atoms with Crippen LogP contribution < -0.4 is 10.1 Å². The molecule has 0 spiro atoms. The van der Waals surface area contributed by atoms with Gasteiger partial charge in [-0.1, -0.05) is 13.8 Å². The van der Waals surface area contributed by atoms with Crippen molar-refractivity contribution in [3.05, 3.63) is 24.0 Å². The van der Waals surface area contributed by atoms with Crippen molar-refractivity contribution in [2.75, 3.05) is 6.54 Å². The summed E-state index contributed by atoms with van der Waals surface area (Å²) in [6, 6.07) is 2.00. The molecule has 1 atom stereocenters. The Bertz CT molecular complexity index is 289. The highest BCUT2D eigenvalue weighted by Gasteiger charge is 2.06. The van der Waals surface area contributed by atoms with Gasteiger partial charge in [-0.2, -0.15) is 0 Å². The van der Waals surface area contributed by atoms with Crippen LogP contribution in [0, 0.1) is 0 Å². The first-order valence-corrected chi connectivity index (χ1v) is 5.58. The molecule has 3 nitrogen and oxygen atoms in total. The van der Waals surface area contributed by atoms with E-state index in [1.54, 1.807) is 12.4 Å². The zero-order valence-electron chi connectivity index (χ0n) is 9.79. The molecule has 1 unspecified atom stereocenters. The Kier molecular flexibility index (Phi) is 5.12. The summed E-state index contributed by atoms with van der Waals surface area (Å²) in [7, 11) is 0. The lowest BCUT2D eigenvalue weighted by atomic mass is 10.2. The van der Waals surface area contributed by atoms with Gasteiger partial charge in [-0.25, -0.2) is 0 Å². The van der Waals surface area contributed by atoms with Gasteiger partial charge in [0.15, 0.2) is 0 Å². The van der Waals surface area contributed by atoms with Gasteiger partial charge in [-0.05, 0) is 26.0 Å². The van der Waals surface area contributed by atoms with Crippen LogP contribution in [0.1, 0.15) is 32.8 Å². The van der Waals surface area contributed by atoms with Crippen LogP contribution in [-0.4, -0.2) is 17.6 Å². The molecule has 1 heterocycles. The topological polar surface area (TPSA) is 34.2 Å². The van der Waals surface area contributed by atoms with Gasteiger partial charge in [0.05, 0.1) is 12.3 Å². The van der Waals surface area contributed by atoms with Crippen molar-refractivity contribution in [1.29, 1.82) is 0 Å². The summed E-state index contributed by atoms with van der Waals surface area (Å²) in [5.74, 6) is 0.896. The first kappa shape index (κ1) is 12.0. The van der Waals surface area contributed by atoms with E-state index in [0.717, 1.165) is 25.3 Å². The fraction of sp³-hybridized carbons (Fsp3) is 0.583. The van der Waals surface area contributed by atoms with Crippen LogP contribution in [0.4, 0.5) is 0 Å². The van der Waals surface area contributed by atoms with Crippen LogP contribution in [0.15, 0.2) is 18.5 Å². The number of nitrogens with one attached hydrogen (secondary N) is 1. The number of pyridine rings is 1. The number of ether oxygens (including phenoxy) is 1. The van der Waals surface area contributed by atoms with E-state index in [1.165, 1.54) is 5.56 Å². The quantitative estimate of drug-likeness (QED) is 0.779. The largest absolute Gasteiger partial charge is 0.489 e. The minimum atomic E-state index is 0.245. The second-order valence-electron chi connectivity index (χ2n) is 3.60. The van der Waals surface area contributed by atoms with Crippen LogP contribution in [0.2, 0.25) is 0 Å². The number of aromatic nitrogens is 1. The summed E-state index contributed by atoms with van der Waals surface area (Å²) in [5.41, 5.74) is 1.17. The van der Waals surface area contributed by atoms with E-state index in [9.17, 15) is 0 Å². The van der Waals surface area contributed by atoms with E-state index < -0.39 is 0 Å². The summed E-state index contributed by atoms with van der Waals surface area (Å²) in [6.07, 6.45) is 4.85. The third kappa shape index (κ3) is 3.88. The Balaban J connectivity index is 2.67. The second-order valence-corrected chi connectivity index (χ2v) is 3.60. The molecule has 0 amide bonds. The highest BCUT2D eigenvalue weighted by molar-refractivity contribution is 5.29. The Morgan fingerprint density at radius 2 is 2.27 bits per heavy atom. The third-order valence-corrected chi connectivity index (χ3v) is 2.34. The van der Waals surface area contributed by atoms with Crippen LogP contribution in [0.3, 0.4) is 0 Å². The normalized spacial score (nSPS) is 12.5. The fourth-order valence-electron chi connectivity index (χ4n) is 1.22. The number of nitrogens with zero attached hydrogens (tertiary/aromatic N) is 1. The smallest absolute Gasteiger partial charge is 0.142 e. The molecule has 15 heavy (non-hydrogen) atoms. The van der Waals surface area contributed by atoms with Gasteiger partial charge in [0.2, 0.25) is 0 Å². The van der Waals surface area contributed by atoms with Crippen molar-refractivity contribution in [2.45, 2.75) is 39.8 Å². The molecule has 0 bridgehead atoms. The Morgan fingerprint density at radius 1 is 1.47 bits per heavy atom. The van der Waals surface area contributed by atoms with Gasteiger partial charge < -0.3 is 10.1 Å². The molecule has 0 aliphatic heterocycles. The summed E-state index contributed by atoms with van der Waals surface area (Å²) in [4.78, 5) is 4.09. The zero-order chi connectivity index (χ0) is 11.1. The highest BCUT2D eigenvalue weighted by Crippen LogP contribution is 2.18. The van der Waals surface area contributed by atoms with Crippen molar-refractivity contribution in [3.8, 4) is 5.75 Å². The van der Waals surface area contributed by atoms with E-state index in [0.29, 0.717) is 0 Å². The first-order valence-electron chi connectivity index (χ1n) is 5.58. The molecular weight excluding hydrogens is 188 g/mol. The SMILES string of the molecule is CCNCc1ccncc1OC(C)CC. The van der Waals surface area contributed by atoms with E-state index >= 15 is 0 Å². The predicted molar refractivity (Wildman–Crippen MR) is 62.0 cm³/mol. The lowest BCUT2D eigenvalue weighted by molar-refractivity contribution is 0.214. The number of hydrogen-bond donors (Lipinski definition) is 1. The molecule has 84 valence electrons. The lowest BCUT2D eigenvalue weighted by Crippen LogP contribution is -2.15. The van der Waals surface area contributed by atoms with Crippen molar-refractivity contribution in [1.82, 2.24) is 10.3 Å². The molecular formula is C12H20N2O. The molecule has 0 saturated carbocycles. The van der Waals surface area contributed by atoms with Gasteiger partial charge in [0.25, 0.3) is 0 Å². The van der Waals surface area contributed by atoms with E-state index in [-0.39, 0.29) is 6.10 Å². The average molecular weight is 208 g/mol. The van der Waals surface area contributed by atoms with Gasteiger partial charge in [0.1, 0.15) is 5.75 Å². The zero-order valence-corrected chi connectivity index (χ0v) is 9.79. The van der Waals surface area contributed by atoms with Gasteiger partial charge in [-0.3, -0.25) is 4.98 Å². The molecule has 0 aliphatic carbocycles. The first-order chi connectivity index (χ1) is 7.27. The predicted octanol–water partition coefficient (Wildman–Crippen LogP) is 2.37. The number of rotatable bonds is 6. The van der Waals surface area contributed by atoms with Crippen molar-refractivity contribution < 1.29 is 4.74 Å². The molecule has 0 radical (unpaired) electrons. The maximum absolute atomic E-state index is 5.79. The van der Waals surface area contributed by atoms with Crippen LogP contribution in [0.25, 0.3) is 0 Å². The van der Waals surface area contributed by atoms with Crippen molar-refractivity contribution in [3.63, 3.8) is 0 Å². The Hall–Kier alpha value is -1.09. The van der Waals surface area contributed by atoms with Crippen LogP contribution in [0.5, 0.6) is 5.75 Å². The average Bonchev–Trinajstić information content (AvgIpc) is 2.28. The summed E-state index contributed by atoms with van der Waals surface area (Å²) in [5, 5.41) is 3.29. The summed E-state index contributed by atoms with van der Waals surface area (Å²) in [6.45, 7) is 8.08. The maximum atomic E-state index is 5.79. The van der Waals surface area contributed by atoms with E-state index in [4.69, 9.17) is 4.74 Å². The second kappa shape index (κ2) is 6.40. The molecule has 0 aromatic carbocycles. The van der Waals surface area contributed by atoms with Gasteiger partial charge >= 0.3 is 0 Å².